The lowest BCUT2D eigenvalue weighted by molar-refractivity contribution is -0.269. The summed E-state index contributed by atoms with van der Waals surface area (Å²) < 4.78 is 11.6. The summed E-state index contributed by atoms with van der Waals surface area (Å²) in [6.07, 6.45) is -7.72. The third-order valence-corrected chi connectivity index (χ3v) is 7.74. The van der Waals surface area contributed by atoms with Crippen LogP contribution in [0.25, 0.3) is 0 Å². The predicted octanol–water partition coefficient (Wildman–Crippen LogP) is 1.07. The van der Waals surface area contributed by atoms with E-state index < -0.39 is 82.4 Å². The second-order valence-electron chi connectivity index (χ2n) is 9.89. The van der Waals surface area contributed by atoms with Crippen molar-refractivity contribution in [3.8, 4) is 17.2 Å². The molecule has 7 atom stereocenters. The fraction of sp³-hybridized carbons (Fsp3) is 0.462. The first-order valence-corrected chi connectivity index (χ1v) is 12.0. The first kappa shape index (κ1) is 25.6. The van der Waals surface area contributed by atoms with Gasteiger partial charge in [-0.1, -0.05) is 19.1 Å². The van der Waals surface area contributed by atoms with Crippen molar-refractivity contribution in [2.24, 2.45) is 0 Å². The molecular formula is C26H28O11. The van der Waals surface area contributed by atoms with Gasteiger partial charge >= 0.3 is 0 Å². The molecule has 11 nitrogen and oxygen atoms in total. The Hall–Kier alpha value is -3.06. The highest BCUT2D eigenvalue weighted by molar-refractivity contribution is 6.31. The summed E-state index contributed by atoms with van der Waals surface area (Å²) in [5.41, 5.74) is -4.09. The standard InChI is InChI=1S/C26H28O11/c1-3-26(35)8-13(37-14-7-12(28)20(29)9(2)36-14)16-19(25(26)34)24(33)17-18(23(16)32)22(31)15-10(21(17)30)5-4-6-11(15)27/h4-6,9,12-14,20,25,27-29,32-35H,3,7-8H2,1-2H3. The maximum absolute atomic E-state index is 13.4. The third-order valence-electron chi connectivity index (χ3n) is 7.74. The van der Waals surface area contributed by atoms with E-state index in [1.807, 2.05) is 0 Å². The molecule has 7 N–H and O–H groups in total. The highest BCUT2D eigenvalue weighted by Crippen LogP contribution is 2.56. The molecule has 11 heteroatoms. The molecular weight excluding hydrogens is 488 g/mol. The van der Waals surface area contributed by atoms with E-state index >= 15 is 0 Å². The van der Waals surface area contributed by atoms with Crippen LogP contribution in [0.5, 0.6) is 17.2 Å². The molecule has 7 unspecified atom stereocenters. The normalized spacial score (nSPS) is 33.0. The molecule has 1 heterocycles. The minimum absolute atomic E-state index is 0.00238. The van der Waals surface area contributed by atoms with Crippen molar-refractivity contribution in [3.05, 3.63) is 51.6 Å². The number of benzene rings is 2. The van der Waals surface area contributed by atoms with Crippen LogP contribution >= 0.6 is 0 Å². The Balaban J connectivity index is 1.69. The molecule has 0 radical (unpaired) electrons. The molecule has 0 aromatic heterocycles. The predicted molar refractivity (Wildman–Crippen MR) is 124 cm³/mol. The number of aliphatic hydroxyl groups is 4. The molecule has 1 saturated heterocycles. The second-order valence-corrected chi connectivity index (χ2v) is 9.89. The molecule has 2 aliphatic carbocycles. The van der Waals surface area contributed by atoms with Gasteiger partial charge in [0.2, 0.25) is 5.78 Å². The first-order chi connectivity index (χ1) is 17.4. The number of fused-ring (bicyclic) bond motifs is 3. The van der Waals surface area contributed by atoms with Gasteiger partial charge in [0, 0.05) is 29.5 Å². The van der Waals surface area contributed by atoms with Gasteiger partial charge in [-0.15, -0.1) is 0 Å². The van der Waals surface area contributed by atoms with Gasteiger partial charge in [0.25, 0.3) is 0 Å². The largest absolute Gasteiger partial charge is 0.507 e. The number of carbonyl (C=O) groups is 2. The molecule has 1 aliphatic heterocycles. The minimum Gasteiger partial charge on any atom is -0.507 e. The van der Waals surface area contributed by atoms with E-state index in [2.05, 4.69) is 0 Å². The number of hydrogen-bond donors (Lipinski definition) is 7. The van der Waals surface area contributed by atoms with Crippen LogP contribution in [0.1, 0.15) is 88.3 Å². The summed E-state index contributed by atoms with van der Waals surface area (Å²) in [4.78, 5) is 26.7. The van der Waals surface area contributed by atoms with Crippen molar-refractivity contribution < 1.29 is 54.8 Å². The van der Waals surface area contributed by atoms with Crippen molar-refractivity contribution >= 4 is 11.6 Å². The first-order valence-electron chi connectivity index (χ1n) is 12.0. The second kappa shape index (κ2) is 8.76. The van der Waals surface area contributed by atoms with Crippen molar-refractivity contribution in [2.45, 2.75) is 75.5 Å². The van der Waals surface area contributed by atoms with E-state index in [-0.39, 0.29) is 41.5 Å². The SMILES string of the molecule is CCC1(O)CC(OC2CC(O)C(O)C(C)O2)c2c(O)c3c(c(O)c2C1O)C(=O)c1cccc(O)c1C3=O. The van der Waals surface area contributed by atoms with Crippen LogP contribution in [-0.2, 0) is 9.47 Å². The molecule has 3 aliphatic rings. The number of hydrogen-bond acceptors (Lipinski definition) is 11. The van der Waals surface area contributed by atoms with Crippen molar-refractivity contribution in [1.29, 1.82) is 0 Å². The lowest BCUT2D eigenvalue weighted by atomic mass is 9.70. The minimum atomic E-state index is -1.86. The van der Waals surface area contributed by atoms with Gasteiger partial charge in [-0.05, 0) is 19.4 Å². The van der Waals surface area contributed by atoms with Crippen LogP contribution < -0.4 is 0 Å². The third kappa shape index (κ3) is 3.65. The summed E-state index contributed by atoms with van der Waals surface area (Å²) in [5.74, 6) is -3.79. The summed E-state index contributed by atoms with van der Waals surface area (Å²) in [7, 11) is 0. The van der Waals surface area contributed by atoms with Crippen molar-refractivity contribution in [2.75, 3.05) is 0 Å². The van der Waals surface area contributed by atoms with Gasteiger partial charge in [0.05, 0.1) is 40.6 Å². The lowest BCUT2D eigenvalue weighted by Gasteiger charge is -2.44. The summed E-state index contributed by atoms with van der Waals surface area (Å²) in [6, 6.07) is 3.85. The molecule has 37 heavy (non-hydrogen) atoms. The lowest BCUT2D eigenvalue weighted by Crippen LogP contribution is -2.49. The quantitative estimate of drug-likeness (QED) is 0.246. The van der Waals surface area contributed by atoms with Gasteiger partial charge in [0.15, 0.2) is 12.1 Å². The molecule has 2 aromatic carbocycles. The average molecular weight is 516 g/mol. The van der Waals surface area contributed by atoms with E-state index in [0.29, 0.717) is 0 Å². The molecule has 0 bridgehead atoms. The zero-order chi connectivity index (χ0) is 27.0. The van der Waals surface area contributed by atoms with E-state index in [1.54, 1.807) is 6.92 Å². The molecule has 1 fully saturated rings. The van der Waals surface area contributed by atoms with Crippen LogP contribution in [-0.4, -0.2) is 77.5 Å². The average Bonchev–Trinajstić information content (AvgIpc) is 2.85. The Morgan fingerprint density at radius 3 is 2.30 bits per heavy atom. The van der Waals surface area contributed by atoms with E-state index in [1.165, 1.54) is 25.1 Å². The monoisotopic (exact) mass is 516 g/mol. The number of rotatable bonds is 3. The number of ketones is 2. The Labute approximate surface area is 211 Å². The Bertz CT molecular complexity index is 1290. The van der Waals surface area contributed by atoms with Crippen LogP contribution in [0, 0.1) is 0 Å². The van der Waals surface area contributed by atoms with Crippen LogP contribution in [0.3, 0.4) is 0 Å². The highest BCUT2D eigenvalue weighted by atomic mass is 16.7. The summed E-state index contributed by atoms with van der Waals surface area (Å²) in [5, 5.41) is 75.4. The van der Waals surface area contributed by atoms with Gasteiger partial charge in [-0.25, -0.2) is 0 Å². The zero-order valence-electron chi connectivity index (χ0n) is 20.1. The number of ether oxygens (including phenoxy) is 2. The molecule has 5 rings (SSSR count). The highest BCUT2D eigenvalue weighted by Gasteiger charge is 2.51. The number of carbonyl (C=O) groups excluding carboxylic acids is 2. The van der Waals surface area contributed by atoms with Crippen LogP contribution in [0.2, 0.25) is 0 Å². The Morgan fingerprint density at radius 1 is 1.00 bits per heavy atom. The molecule has 0 spiro atoms. The maximum atomic E-state index is 13.4. The maximum Gasteiger partial charge on any atom is 0.202 e. The van der Waals surface area contributed by atoms with E-state index in [9.17, 15) is 45.3 Å². The molecule has 198 valence electrons. The molecule has 0 amide bonds. The fourth-order valence-electron chi connectivity index (χ4n) is 5.59. The number of aliphatic hydroxyl groups excluding tert-OH is 3. The van der Waals surface area contributed by atoms with Crippen LogP contribution in [0.15, 0.2) is 18.2 Å². The number of aromatic hydroxyl groups is 3. The summed E-state index contributed by atoms with van der Waals surface area (Å²) >= 11 is 0. The van der Waals surface area contributed by atoms with E-state index in [4.69, 9.17) is 9.47 Å². The van der Waals surface area contributed by atoms with Crippen molar-refractivity contribution in [3.63, 3.8) is 0 Å². The molecule has 0 saturated carbocycles. The number of phenolic OH excluding ortho intramolecular Hbond substituents is 3. The zero-order valence-corrected chi connectivity index (χ0v) is 20.1. The summed E-state index contributed by atoms with van der Waals surface area (Å²) in [6.45, 7) is 3.12. The van der Waals surface area contributed by atoms with Gasteiger partial charge in [-0.3, -0.25) is 9.59 Å². The van der Waals surface area contributed by atoms with Crippen molar-refractivity contribution in [1.82, 2.24) is 0 Å². The van der Waals surface area contributed by atoms with Gasteiger partial charge in [0.1, 0.15) is 29.5 Å². The molecule has 2 aromatic rings. The van der Waals surface area contributed by atoms with Gasteiger partial charge in [-0.2, -0.15) is 0 Å². The van der Waals surface area contributed by atoms with Gasteiger partial charge < -0.3 is 45.2 Å². The Morgan fingerprint density at radius 2 is 1.65 bits per heavy atom. The smallest absolute Gasteiger partial charge is 0.202 e. The Kier molecular flexibility index (Phi) is 6.06. The topological polar surface area (TPSA) is 194 Å². The fourth-order valence-corrected chi connectivity index (χ4v) is 5.59. The number of phenols is 3. The van der Waals surface area contributed by atoms with E-state index in [0.717, 1.165) is 0 Å². The van der Waals surface area contributed by atoms with Crippen LogP contribution in [0.4, 0.5) is 0 Å².